The summed E-state index contributed by atoms with van der Waals surface area (Å²) >= 11 is 5.91. The Kier molecular flexibility index (Phi) is 4.81. The van der Waals surface area contributed by atoms with Crippen LogP contribution in [0, 0.1) is 12.8 Å². The number of aryl methyl sites for hydroxylation is 1. The maximum atomic E-state index is 12.2. The molecule has 6 heteroatoms. The smallest absolute Gasteiger partial charge is 0.355 e. The van der Waals surface area contributed by atoms with Crippen LogP contribution in [0.3, 0.4) is 0 Å². The highest BCUT2D eigenvalue weighted by atomic mass is 35.5. The second-order valence-corrected chi connectivity index (χ2v) is 6.74. The van der Waals surface area contributed by atoms with Gasteiger partial charge >= 0.3 is 5.63 Å². The second-order valence-electron chi connectivity index (χ2n) is 6.36. The van der Waals surface area contributed by atoms with Crippen LogP contribution < -0.4 is 10.4 Å². The first-order chi connectivity index (χ1) is 11.5. The minimum atomic E-state index is -0.572. The number of nitrogens with zero attached hydrogens (tertiary/aromatic N) is 1. The quantitative estimate of drug-likeness (QED) is 0.797. The molecule has 1 saturated heterocycles. The summed E-state index contributed by atoms with van der Waals surface area (Å²) in [6.45, 7) is 5.47. The van der Waals surface area contributed by atoms with Crippen LogP contribution in [-0.4, -0.2) is 30.5 Å². The van der Waals surface area contributed by atoms with Gasteiger partial charge in [-0.25, -0.2) is 4.79 Å². The van der Waals surface area contributed by atoms with Crippen LogP contribution in [0.4, 0.5) is 0 Å². The number of likely N-dealkylation sites (tertiary alicyclic amines) is 1. The van der Waals surface area contributed by atoms with Crippen LogP contribution >= 0.6 is 11.6 Å². The first-order valence-electron chi connectivity index (χ1n) is 8.09. The molecule has 2 heterocycles. The zero-order chi connectivity index (χ0) is 17.3. The lowest BCUT2D eigenvalue weighted by Gasteiger charge is -2.30. The molecule has 0 radical (unpaired) electrons. The molecule has 0 N–H and O–H groups in total. The van der Waals surface area contributed by atoms with Gasteiger partial charge in [0.15, 0.2) is 6.61 Å². The molecule has 5 nitrogen and oxygen atoms in total. The molecule has 1 atom stereocenters. The van der Waals surface area contributed by atoms with Crippen molar-refractivity contribution >= 4 is 28.5 Å². The van der Waals surface area contributed by atoms with Gasteiger partial charge in [0.05, 0.1) is 0 Å². The van der Waals surface area contributed by atoms with Gasteiger partial charge < -0.3 is 14.1 Å². The maximum Gasteiger partial charge on any atom is 0.355 e. The number of hydrogen-bond acceptors (Lipinski definition) is 4. The summed E-state index contributed by atoms with van der Waals surface area (Å²) in [5.74, 6) is 1.01. The van der Waals surface area contributed by atoms with E-state index in [1.165, 1.54) is 0 Å². The summed E-state index contributed by atoms with van der Waals surface area (Å²) in [7, 11) is 0. The van der Waals surface area contributed by atoms with Gasteiger partial charge in [0, 0.05) is 24.5 Å². The van der Waals surface area contributed by atoms with Crippen LogP contribution in [0.15, 0.2) is 27.4 Å². The van der Waals surface area contributed by atoms with Crippen molar-refractivity contribution in [1.82, 2.24) is 4.90 Å². The van der Waals surface area contributed by atoms with E-state index in [1.54, 1.807) is 25.1 Å². The lowest BCUT2D eigenvalue weighted by Crippen LogP contribution is -2.41. The molecule has 1 amide bonds. The Balaban J connectivity index is 1.73. The van der Waals surface area contributed by atoms with Gasteiger partial charge in [-0.15, -0.1) is 0 Å². The third-order valence-electron chi connectivity index (χ3n) is 4.44. The fraction of sp³-hybridized carbons (Fsp3) is 0.444. The van der Waals surface area contributed by atoms with E-state index in [-0.39, 0.29) is 17.5 Å². The van der Waals surface area contributed by atoms with E-state index in [4.69, 9.17) is 20.8 Å². The van der Waals surface area contributed by atoms with Crippen LogP contribution in [0.5, 0.6) is 5.75 Å². The normalized spacial score (nSPS) is 18.0. The Morgan fingerprint density at radius 1 is 1.46 bits per heavy atom. The SMILES string of the molecule is Cc1c(Cl)c(=O)oc2cc(OCC(=O)N3CCC[C@@H](C)C3)ccc12. The molecule has 24 heavy (non-hydrogen) atoms. The number of carbonyl (C=O) groups excluding carboxylic acids is 1. The zero-order valence-electron chi connectivity index (χ0n) is 13.8. The topological polar surface area (TPSA) is 59.8 Å². The molecule has 0 saturated carbocycles. The van der Waals surface area contributed by atoms with E-state index < -0.39 is 5.63 Å². The minimum Gasteiger partial charge on any atom is -0.484 e. The van der Waals surface area contributed by atoms with Gasteiger partial charge in [0.25, 0.3) is 5.91 Å². The minimum absolute atomic E-state index is 0.0182. The number of fused-ring (bicyclic) bond motifs is 1. The summed E-state index contributed by atoms with van der Waals surface area (Å²) in [6.07, 6.45) is 2.20. The molecule has 2 aromatic rings. The molecule has 1 aromatic carbocycles. The maximum absolute atomic E-state index is 12.2. The molecule has 1 fully saturated rings. The summed E-state index contributed by atoms with van der Waals surface area (Å²) in [6, 6.07) is 5.15. The van der Waals surface area contributed by atoms with Crippen molar-refractivity contribution in [2.75, 3.05) is 19.7 Å². The van der Waals surface area contributed by atoms with Crippen molar-refractivity contribution in [3.05, 3.63) is 39.2 Å². The second kappa shape index (κ2) is 6.85. The van der Waals surface area contributed by atoms with E-state index in [1.807, 2.05) is 4.90 Å². The molecule has 1 aromatic heterocycles. The first-order valence-corrected chi connectivity index (χ1v) is 8.47. The predicted octanol–water partition coefficient (Wildman–Crippen LogP) is 3.39. The Bertz CT molecular complexity index is 830. The number of hydrogen-bond donors (Lipinski definition) is 0. The highest BCUT2D eigenvalue weighted by Gasteiger charge is 2.21. The van der Waals surface area contributed by atoms with Gasteiger partial charge in [0.1, 0.15) is 16.4 Å². The molecule has 1 aliphatic rings. The monoisotopic (exact) mass is 349 g/mol. The summed E-state index contributed by atoms with van der Waals surface area (Å²) in [5.41, 5.74) is 0.503. The van der Waals surface area contributed by atoms with E-state index in [0.29, 0.717) is 22.8 Å². The van der Waals surface area contributed by atoms with E-state index in [2.05, 4.69) is 6.92 Å². The molecule has 1 aliphatic heterocycles. The molecule has 3 rings (SSSR count). The molecule has 128 valence electrons. The number of halogens is 1. The van der Waals surface area contributed by atoms with E-state index >= 15 is 0 Å². The number of rotatable bonds is 3. The van der Waals surface area contributed by atoms with Gasteiger partial charge in [-0.1, -0.05) is 18.5 Å². The lowest BCUT2D eigenvalue weighted by molar-refractivity contribution is -0.135. The number of ether oxygens (including phenoxy) is 1. The van der Waals surface area contributed by atoms with Crippen LogP contribution in [-0.2, 0) is 4.79 Å². The molecule has 0 spiro atoms. The number of carbonyl (C=O) groups is 1. The highest BCUT2D eigenvalue weighted by molar-refractivity contribution is 6.31. The third-order valence-corrected chi connectivity index (χ3v) is 4.88. The average Bonchev–Trinajstić information content (AvgIpc) is 2.57. The van der Waals surface area contributed by atoms with Crippen LogP contribution in [0.1, 0.15) is 25.3 Å². The van der Waals surface area contributed by atoms with Crippen molar-refractivity contribution < 1.29 is 13.9 Å². The van der Waals surface area contributed by atoms with E-state index in [0.717, 1.165) is 31.3 Å². The molecular weight excluding hydrogens is 330 g/mol. The Hall–Kier alpha value is -2.01. The average molecular weight is 350 g/mol. The van der Waals surface area contributed by atoms with Crippen molar-refractivity contribution in [1.29, 1.82) is 0 Å². The molecule has 0 aliphatic carbocycles. The predicted molar refractivity (Wildman–Crippen MR) is 92.7 cm³/mol. The van der Waals surface area contributed by atoms with Gasteiger partial charge in [-0.2, -0.15) is 0 Å². The van der Waals surface area contributed by atoms with Crippen LogP contribution in [0.25, 0.3) is 11.0 Å². The first kappa shape index (κ1) is 16.8. The fourth-order valence-electron chi connectivity index (χ4n) is 3.05. The van der Waals surface area contributed by atoms with Gasteiger partial charge in [-0.3, -0.25) is 4.79 Å². The zero-order valence-corrected chi connectivity index (χ0v) is 14.6. The highest BCUT2D eigenvalue weighted by Crippen LogP contribution is 2.26. The van der Waals surface area contributed by atoms with Crippen molar-refractivity contribution in [2.45, 2.75) is 26.7 Å². The fourth-order valence-corrected chi connectivity index (χ4v) is 3.20. The van der Waals surface area contributed by atoms with Crippen LogP contribution in [0.2, 0.25) is 5.02 Å². The van der Waals surface area contributed by atoms with Crippen molar-refractivity contribution in [2.24, 2.45) is 5.92 Å². The number of amides is 1. The molecule has 0 bridgehead atoms. The number of piperidine rings is 1. The Labute approximate surface area is 145 Å². The summed E-state index contributed by atoms with van der Waals surface area (Å²) in [4.78, 5) is 25.8. The van der Waals surface area contributed by atoms with E-state index in [9.17, 15) is 9.59 Å². The van der Waals surface area contributed by atoms with Gasteiger partial charge in [0.2, 0.25) is 0 Å². The van der Waals surface area contributed by atoms with Crippen molar-refractivity contribution in [3.8, 4) is 5.75 Å². The number of benzene rings is 1. The van der Waals surface area contributed by atoms with Crippen molar-refractivity contribution in [3.63, 3.8) is 0 Å². The Morgan fingerprint density at radius 2 is 2.25 bits per heavy atom. The summed E-state index contributed by atoms with van der Waals surface area (Å²) < 4.78 is 10.8. The van der Waals surface area contributed by atoms with Gasteiger partial charge in [-0.05, 0) is 43.4 Å². The Morgan fingerprint density at radius 3 is 3.00 bits per heavy atom. The summed E-state index contributed by atoms with van der Waals surface area (Å²) in [5, 5.41) is 0.841. The largest absolute Gasteiger partial charge is 0.484 e. The third kappa shape index (κ3) is 3.41. The molecule has 0 unspecified atom stereocenters. The molecular formula is C18H20ClNO4. The lowest BCUT2D eigenvalue weighted by atomic mass is 10.0. The standard InChI is InChI=1S/C18H20ClNO4/c1-11-4-3-7-20(9-11)16(21)10-23-13-5-6-14-12(2)17(19)18(22)24-15(14)8-13/h5-6,8,11H,3-4,7,9-10H2,1-2H3/t11-/m1/s1.